The third-order valence-electron chi connectivity index (χ3n) is 5.56. The van der Waals surface area contributed by atoms with Crippen LogP contribution >= 0.6 is 0 Å². The zero-order valence-electron chi connectivity index (χ0n) is 14.6. The molecule has 1 saturated carbocycles. The Labute approximate surface area is 148 Å². The lowest BCUT2D eigenvalue weighted by molar-refractivity contribution is -0.125. The largest absolute Gasteiger partial charge is 0.394 e. The minimum absolute atomic E-state index is 0.0461. The normalized spacial score (nSPS) is 26.8. The smallest absolute Gasteiger partial charge is 0.225 e. The number of nitrogens with zero attached hydrogens (tertiary/aromatic N) is 4. The molecule has 1 amide bonds. The molecule has 136 valence electrons. The van der Waals surface area contributed by atoms with Gasteiger partial charge in [-0.2, -0.15) is 0 Å². The molecule has 1 aliphatic carbocycles. The van der Waals surface area contributed by atoms with E-state index >= 15 is 0 Å². The molecule has 0 spiro atoms. The Balaban J connectivity index is 1.45. The van der Waals surface area contributed by atoms with Gasteiger partial charge >= 0.3 is 0 Å². The van der Waals surface area contributed by atoms with Crippen LogP contribution in [0.5, 0.6) is 0 Å². The average molecular weight is 345 g/mol. The van der Waals surface area contributed by atoms with Crippen molar-refractivity contribution in [3.63, 3.8) is 0 Å². The van der Waals surface area contributed by atoms with Gasteiger partial charge in [-0.25, -0.2) is 9.97 Å². The second-order valence-corrected chi connectivity index (χ2v) is 7.47. The molecule has 2 saturated heterocycles. The summed E-state index contributed by atoms with van der Waals surface area (Å²) in [5, 5.41) is 12.7. The monoisotopic (exact) mass is 345 g/mol. The van der Waals surface area contributed by atoms with Gasteiger partial charge in [-0.05, 0) is 38.5 Å². The molecule has 2 atom stereocenters. The minimum Gasteiger partial charge on any atom is -0.394 e. The number of rotatable bonds is 5. The van der Waals surface area contributed by atoms with E-state index in [9.17, 15) is 9.90 Å². The Morgan fingerprint density at radius 2 is 1.96 bits per heavy atom. The van der Waals surface area contributed by atoms with Gasteiger partial charge in [0.15, 0.2) is 0 Å². The van der Waals surface area contributed by atoms with Crippen molar-refractivity contribution >= 4 is 17.5 Å². The Hall–Kier alpha value is -1.89. The molecule has 3 heterocycles. The average Bonchev–Trinajstić information content (AvgIpc) is 3.34. The highest BCUT2D eigenvalue weighted by atomic mass is 16.3. The topological polar surface area (TPSA) is 81.6 Å². The molecule has 1 aromatic rings. The predicted octanol–water partition coefficient (Wildman–Crippen LogP) is 0.933. The molecule has 1 aromatic heterocycles. The lowest BCUT2D eigenvalue weighted by Gasteiger charge is -2.33. The number of piperidine rings is 1. The molecule has 0 aromatic carbocycles. The van der Waals surface area contributed by atoms with Gasteiger partial charge in [0.1, 0.15) is 18.0 Å². The fourth-order valence-corrected chi connectivity index (χ4v) is 3.94. The predicted molar refractivity (Wildman–Crippen MR) is 95.6 cm³/mol. The Morgan fingerprint density at radius 1 is 1.16 bits per heavy atom. The molecule has 0 bridgehead atoms. The first-order valence-electron chi connectivity index (χ1n) is 9.49. The lowest BCUT2D eigenvalue weighted by Crippen LogP contribution is -2.44. The van der Waals surface area contributed by atoms with Gasteiger partial charge in [-0.15, -0.1) is 0 Å². The molecular weight excluding hydrogens is 318 g/mol. The molecule has 7 heteroatoms. The summed E-state index contributed by atoms with van der Waals surface area (Å²) >= 11 is 0. The first kappa shape index (κ1) is 16.6. The van der Waals surface area contributed by atoms with E-state index < -0.39 is 0 Å². The van der Waals surface area contributed by atoms with Crippen LogP contribution in [0.4, 0.5) is 11.6 Å². The number of aliphatic hydroxyl groups excluding tert-OH is 1. The van der Waals surface area contributed by atoms with Crippen LogP contribution in [0.15, 0.2) is 12.4 Å². The van der Waals surface area contributed by atoms with Gasteiger partial charge < -0.3 is 20.2 Å². The first-order chi connectivity index (χ1) is 12.2. The van der Waals surface area contributed by atoms with Crippen LogP contribution in [-0.4, -0.2) is 59.3 Å². The number of hydrogen-bond donors (Lipinski definition) is 2. The van der Waals surface area contributed by atoms with E-state index in [0.717, 1.165) is 69.8 Å². The maximum absolute atomic E-state index is 12.4. The molecule has 0 unspecified atom stereocenters. The molecule has 7 nitrogen and oxygen atoms in total. The Morgan fingerprint density at radius 3 is 2.76 bits per heavy atom. The van der Waals surface area contributed by atoms with Crippen LogP contribution in [0.2, 0.25) is 0 Å². The standard InChI is InChI=1S/C18H27N5O2/c24-11-15-4-2-8-23(15)17-9-16(19-12-20-17)22-7-1-3-13(10-22)18(25)21-14-5-6-14/h9,12-15,24H,1-8,10-11H2,(H,21,25)/t13-,15+/m1/s1. The second kappa shape index (κ2) is 7.15. The van der Waals surface area contributed by atoms with Gasteiger partial charge in [-0.1, -0.05) is 0 Å². The maximum Gasteiger partial charge on any atom is 0.225 e. The molecule has 4 rings (SSSR count). The number of anilines is 2. The molecular formula is C18H27N5O2. The van der Waals surface area contributed by atoms with Crippen molar-refractivity contribution in [3.8, 4) is 0 Å². The zero-order chi connectivity index (χ0) is 17.2. The number of aliphatic hydroxyl groups is 1. The van der Waals surface area contributed by atoms with E-state index in [-0.39, 0.29) is 24.5 Å². The van der Waals surface area contributed by atoms with E-state index in [2.05, 4.69) is 25.1 Å². The Kier molecular flexibility index (Phi) is 4.74. The van der Waals surface area contributed by atoms with E-state index in [1.54, 1.807) is 6.33 Å². The quantitative estimate of drug-likeness (QED) is 0.826. The molecule has 0 radical (unpaired) electrons. The van der Waals surface area contributed by atoms with Crippen molar-refractivity contribution in [1.29, 1.82) is 0 Å². The number of hydrogen-bond acceptors (Lipinski definition) is 6. The van der Waals surface area contributed by atoms with Gasteiger partial charge in [-0.3, -0.25) is 4.79 Å². The highest BCUT2D eigenvalue weighted by Crippen LogP contribution is 2.28. The number of nitrogens with one attached hydrogen (secondary N) is 1. The molecule has 2 aliphatic heterocycles. The minimum atomic E-state index is 0.0461. The summed E-state index contributed by atoms with van der Waals surface area (Å²) in [5.41, 5.74) is 0. The zero-order valence-corrected chi connectivity index (χ0v) is 14.6. The van der Waals surface area contributed by atoms with Gasteiger partial charge in [0.25, 0.3) is 0 Å². The molecule has 2 N–H and O–H groups in total. The van der Waals surface area contributed by atoms with Crippen LogP contribution in [0.3, 0.4) is 0 Å². The summed E-state index contributed by atoms with van der Waals surface area (Å²) in [6, 6.07) is 2.58. The van der Waals surface area contributed by atoms with Crippen LogP contribution in [-0.2, 0) is 4.79 Å². The molecule has 25 heavy (non-hydrogen) atoms. The summed E-state index contributed by atoms with van der Waals surface area (Å²) < 4.78 is 0. The van der Waals surface area contributed by atoms with Gasteiger partial charge in [0.05, 0.1) is 18.6 Å². The fourth-order valence-electron chi connectivity index (χ4n) is 3.94. The van der Waals surface area contributed by atoms with Gasteiger partial charge in [0, 0.05) is 31.7 Å². The van der Waals surface area contributed by atoms with E-state index in [4.69, 9.17) is 0 Å². The summed E-state index contributed by atoms with van der Waals surface area (Å²) in [6.07, 6.45) is 7.89. The van der Waals surface area contributed by atoms with Crippen LogP contribution in [0.1, 0.15) is 38.5 Å². The highest BCUT2D eigenvalue weighted by Gasteiger charge is 2.31. The van der Waals surface area contributed by atoms with Crippen LogP contribution in [0.25, 0.3) is 0 Å². The maximum atomic E-state index is 12.4. The van der Waals surface area contributed by atoms with Crippen molar-refractivity contribution in [2.45, 2.75) is 50.6 Å². The summed E-state index contributed by atoms with van der Waals surface area (Å²) in [5.74, 6) is 2.01. The van der Waals surface area contributed by atoms with E-state index in [1.165, 1.54) is 0 Å². The van der Waals surface area contributed by atoms with E-state index in [1.807, 2.05) is 6.07 Å². The lowest BCUT2D eigenvalue weighted by atomic mass is 9.97. The summed E-state index contributed by atoms with van der Waals surface area (Å²) in [4.78, 5) is 25.6. The Bertz CT molecular complexity index is 621. The second-order valence-electron chi connectivity index (χ2n) is 7.47. The number of aromatic nitrogens is 2. The summed E-state index contributed by atoms with van der Waals surface area (Å²) in [7, 11) is 0. The van der Waals surface area contributed by atoms with Gasteiger partial charge in [0.2, 0.25) is 5.91 Å². The highest BCUT2D eigenvalue weighted by molar-refractivity contribution is 5.80. The van der Waals surface area contributed by atoms with Crippen molar-refractivity contribution in [2.75, 3.05) is 36.0 Å². The van der Waals surface area contributed by atoms with E-state index in [0.29, 0.717) is 6.04 Å². The number of carbonyl (C=O) groups excluding carboxylic acids is 1. The van der Waals surface area contributed by atoms with Crippen molar-refractivity contribution in [3.05, 3.63) is 12.4 Å². The van der Waals surface area contributed by atoms with Crippen LogP contribution < -0.4 is 15.1 Å². The summed E-state index contributed by atoms with van der Waals surface area (Å²) in [6.45, 7) is 2.73. The van der Waals surface area contributed by atoms with Crippen LogP contribution in [0, 0.1) is 5.92 Å². The van der Waals surface area contributed by atoms with Crippen molar-refractivity contribution in [2.24, 2.45) is 5.92 Å². The number of carbonyl (C=O) groups is 1. The van der Waals surface area contributed by atoms with Crippen molar-refractivity contribution < 1.29 is 9.90 Å². The molecule has 3 fully saturated rings. The third-order valence-corrected chi connectivity index (χ3v) is 5.56. The van der Waals surface area contributed by atoms with Crippen molar-refractivity contribution in [1.82, 2.24) is 15.3 Å². The third kappa shape index (κ3) is 3.71. The SMILES string of the molecule is O=C(NC1CC1)[C@@H]1CCCN(c2cc(N3CCC[C@H]3CO)ncn2)C1. The fraction of sp³-hybridized carbons (Fsp3) is 0.722. The molecule has 3 aliphatic rings. The number of amides is 1. The first-order valence-corrected chi connectivity index (χ1v) is 9.49.